The van der Waals surface area contributed by atoms with Crippen LogP contribution in [0.1, 0.15) is 25.7 Å². The largest absolute Gasteiger partial charge is 0.497 e. The van der Waals surface area contributed by atoms with E-state index in [-0.39, 0.29) is 5.54 Å². The fourth-order valence-corrected chi connectivity index (χ4v) is 3.64. The van der Waals surface area contributed by atoms with Crippen molar-refractivity contribution in [1.29, 1.82) is 0 Å². The van der Waals surface area contributed by atoms with Crippen LogP contribution in [0, 0.1) is 0 Å². The molecule has 132 valence electrons. The Balaban J connectivity index is 1.66. The minimum absolute atomic E-state index is 0.107. The average molecular weight is 332 g/mol. The maximum Gasteiger partial charge on any atom is 0.193 e. The van der Waals surface area contributed by atoms with Gasteiger partial charge in [0.15, 0.2) is 5.96 Å². The SMILES string of the molecule is COc1cccc(NC(N)=NCC2(N3CCCC3)CCOCC2)c1. The number of nitrogens with two attached hydrogens (primary N) is 1. The van der Waals surface area contributed by atoms with Crippen molar-refractivity contribution in [1.82, 2.24) is 4.90 Å². The lowest BCUT2D eigenvalue weighted by atomic mass is 9.88. The highest BCUT2D eigenvalue weighted by Gasteiger charge is 2.39. The van der Waals surface area contributed by atoms with E-state index in [9.17, 15) is 0 Å². The second kappa shape index (κ2) is 7.85. The summed E-state index contributed by atoms with van der Waals surface area (Å²) < 4.78 is 10.8. The first-order valence-electron chi connectivity index (χ1n) is 8.76. The third-order valence-electron chi connectivity index (χ3n) is 5.09. The molecule has 2 heterocycles. The zero-order valence-electron chi connectivity index (χ0n) is 14.5. The first-order valence-corrected chi connectivity index (χ1v) is 8.76. The molecule has 0 spiro atoms. The van der Waals surface area contributed by atoms with Gasteiger partial charge in [-0.05, 0) is 50.9 Å². The number of aliphatic imine (C=N–C) groups is 1. The summed E-state index contributed by atoms with van der Waals surface area (Å²) in [5.41, 5.74) is 7.11. The summed E-state index contributed by atoms with van der Waals surface area (Å²) in [5.74, 6) is 1.25. The van der Waals surface area contributed by atoms with Gasteiger partial charge in [0.25, 0.3) is 0 Å². The van der Waals surface area contributed by atoms with E-state index in [1.54, 1.807) is 7.11 Å². The van der Waals surface area contributed by atoms with Crippen molar-refractivity contribution in [3.8, 4) is 5.75 Å². The molecule has 1 aromatic carbocycles. The van der Waals surface area contributed by atoms with Gasteiger partial charge in [0.05, 0.1) is 13.7 Å². The molecule has 0 saturated carbocycles. The Bertz CT molecular complexity index is 564. The van der Waals surface area contributed by atoms with Crippen LogP contribution in [0.4, 0.5) is 5.69 Å². The van der Waals surface area contributed by atoms with E-state index >= 15 is 0 Å². The second-order valence-corrected chi connectivity index (χ2v) is 6.59. The fraction of sp³-hybridized carbons (Fsp3) is 0.611. The smallest absolute Gasteiger partial charge is 0.193 e. The van der Waals surface area contributed by atoms with Gasteiger partial charge in [-0.2, -0.15) is 0 Å². The summed E-state index contributed by atoms with van der Waals surface area (Å²) in [5, 5.41) is 3.16. The van der Waals surface area contributed by atoms with Gasteiger partial charge < -0.3 is 20.5 Å². The number of benzene rings is 1. The Labute approximate surface area is 144 Å². The molecule has 3 N–H and O–H groups in total. The molecular formula is C18H28N4O2. The summed E-state index contributed by atoms with van der Waals surface area (Å²) in [4.78, 5) is 7.26. The highest BCUT2D eigenvalue weighted by atomic mass is 16.5. The summed E-state index contributed by atoms with van der Waals surface area (Å²) in [6, 6.07) is 7.70. The maximum absolute atomic E-state index is 6.12. The molecule has 6 nitrogen and oxygen atoms in total. The van der Waals surface area contributed by atoms with Crippen LogP contribution in [0.25, 0.3) is 0 Å². The number of anilines is 1. The van der Waals surface area contributed by atoms with Crippen LogP contribution in [0.5, 0.6) is 5.75 Å². The molecule has 1 aromatic rings. The molecular weight excluding hydrogens is 304 g/mol. The quantitative estimate of drug-likeness (QED) is 0.638. The fourth-order valence-electron chi connectivity index (χ4n) is 3.64. The van der Waals surface area contributed by atoms with Gasteiger partial charge in [0, 0.05) is 30.5 Å². The Morgan fingerprint density at radius 2 is 2.08 bits per heavy atom. The molecule has 2 aliphatic heterocycles. The van der Waals surface area contributed by atoms with Crippen LogP contribution in [0.2, 0.25) is 0 Å². The van der Waals surface area contributed by atoms with Crippen molar-refractivity contribution in [2.75, 3.05) is 45.3 Å². The highest BCUT2D eigenvalue weighted by Crippen LogP contribution is 2.31. The van der Waals surface area contributed by atoms with E-state index in [1.807, 2.05) is 24.3 Å². The third-order valence-corrected chi connectivity index (χ3v) is 5.09. The van der Waals surface area contributed by atoms with Crippen molar-refractivity contribution >= 4 is 11.6 Å². The first-order chi connectivity index (χ1) is 11.7. The number of nitrogens with zero attached hydrogens (tertiary/aromatic N) is 2. The summed E-state index contributed by atoms with van der Waals surface area (Å²) in [7, 11) is 1.65. The molecule has 2 fully saturated rings. The average Bonchev–Trinajstić information content (AvgIpc) is 3.16. The number of ether oxygens (including phenoxy) is 2. The zero-order valence-corrected chi connectivity index (χ0v) is 14.5. The van der Waals surface area contributed by atoms with Gasteiger partial charge in [-0.15, -0.1) is 0 Å². The predicted molar refractivity (Wildman–Crippen MR) is 96.7 cm³/mol. The molecule has 2 saturated heterocycles. The van der Waals surface area contributed by atoms with Crippen molar-refractivity contribution < 1.29 is 9.47 Å². The van der Waals surface area contributed by atoms with E-state index < -0.39 is 0 Å². The van der Waals surface area contributed by atoms with E-state index in [0.717, 1.165) is 44.0 Å². The summed E-state index contributed by atoms with van der Waals surface area (Å²) in [6.45, 7) is 4.68. The molecule has 0 aromatic heterocycles. The number of hydrogen-bond donors (Lipinski definition) is 2. The molecule has 3 rings (SSSR count). The normalized spacial score (nSPS) is 21.6. The number of methoxy groups -OCH3 is 1. The highest BCUT2D eigenvalue weighted by molar-refractivity contribution is 5.92. The van der Waals surface area contributed by atoms with Gasteiger partial charge in [-0.1, -0.05) is 6.07 Å². The number of rotatable bonds is 5. The van der Waals surface area contributed by atoms with Gasteiger partial charge >= 0.3 is 0 Å². The van der Waals surface area contributed by atoms with Crippen LogP contribution in [0.15, 0.2) is 29.3 Å². The van der Waals surface area contributed by atoms with Crippen LogP contribution in [-0.2, 0) is 4.74 Å². The summed E-state index contributed by atoms with van der Waals surface area (Å²) >= 11 is 0. The van der Waals surface area contributed by atoms with Gasteiger partial charge in [0.1, 0.15) is 5.75 Å². The molecule has 0 aliphatic carbocycles. The van der Waals surface area contributed by atoms with Gasteiger partial charge in [-0.3, -0.25) is 9.89 Å². The Hall–Kier alpha value is -1.79. The molecule has 0 unspecified atom stereocenters. The molecule has 6 heteroatoms. The maximum atomic E-state index is 6.12. The van der Waals surface area contributed by atoms with Crippen LogP contribution in [0.3, 0.4) is 0 Å². The minimum Gasteiger partial charge on any atom is -0.497 e. The Morgan fingerprint density at radius 3 is 2.79 bits per heavy atom. The lowest BCUT2D eigenvalue weighted by molar-refractivity contribution is -0.0138. The van der Waals surface area contributed by atoms with Gasteiger partial charge in [0.2, 0.25) is 0 Å². The number of guanidine groups is 1. The third kappa shape index (κ3) is 3.99. The minimum atomic E-state index is 0.107. The Kier molecular flexibility index (Phi) is 5.58. The molecule has 0 radical (unpaired) electrons. The lowest BCUT2D eigenvalue weighted by Crippen LogP contribution is -2.53. The van der Waals surface area contributed by atoms with E-state index in [0.29, 0.717) is 5.96 Å². The van der Waals surface area contributed by atoms with Gasteiger partial charge in [-0.25, -0.2) is 0 Å². The lowest BCUT2D eigenvalue weighted by Gasteiger charge is -2.43. The topological polar surface area (TPSA) is 72.1 Å². The molecule has 0 bridgehead atoms. The van der Waals surface area contributed by atoms with Crippen LogP contribution in [-0.4, -0.2) is 56.4 Å². The zero-order chi connectivity index (χ0) is 16.8. The van der Waals surface area contributed by atoms with E-state index in [4.69, 9.17) is 15.2 Å². The van der Waals surface area contributed by atoms with E-state index in [1.165, 1.54) is 25.9 Å². The molecule has 2 aliphatic rings. The summed E-state index contributed by atoms with van der Waals surface area (Å²) in [6.07, 6.45) is 4.62. The standard InChI is InChI=1S/C18H28N4O2/c1-23-16-6-4-5-15(13-16)21-17(19)20-14-18(7-11-24-12-8-18)22-9-2-3-10-22/h4-6,13H,2-3,7-12,14H2,1H3,(H3,19,20,21). The second-order valence-electron chi connectivity index (χ2n) is 6.59. The van der Waals surface area contributed by atoms with Crippen LogP contribution < -0.4 is 15.8 Å². The van der Waals surface area contributed by atoms with Crippen molar-refractivity contribution in [3.63, 3.8) is 0 Å². The first kappa shape index (κ1) is 17.0. The Morgan fingerprint density at radius 1 is 1.33 bits per heavy atom. The number of nitrogens with one attached hydrogen (secondary N) is 1. The van der Waals surface area contributed by atoms with Crippen molar-refractivity contribution in [2.24, 2.45) is 10.7 Å². The van der Waals surface area contributed by atoms with Crippen LogP contribution >= 0.6 is 0 Å². The number of hydrogen-bond acceptors (Lipinski definition) is 4. The molecule has 0 amide bonds. The molecule has 0 atom stereocenters. The van der Waals surface area contributed by atoms with Crippen molar-refractivity contribution in [2.45, 2.75) is 31.2 Å². The number of likely N-dealkylation sites (tertiary alicyclic amines) is 1. The van der Waals surface area contributed by atoms with Crippen molar-refractivity contribution in [3.05, 3.63) is 24.3 Å². The predicted octanol–water partition coefficient (Wildman–Crippen LogP) is 2.07. The monoisotopic (exact) mass is 332 g/mol. The molecule has 24 heavy (non-hydrogen) atoms. The van der Waals surface area contributed by atoms with E-state index in [2.05, 4.69) is 15.2 Å².